The molecule has 1 aromatic carbocycles. The van der Waals surface area contributed by atoms with Crippen LogP contribution in [0.2, 0.25) is 0 Å². The molecule has 100 valence electrons. The Morgan fingerprint density at radius 2 is 2.26 bits per heavy atom. The van der Waals surface area contributed by atoms with Crippen molar-refractivity contribution in [3.63, 3.8) is 0 Å². The summed E-state index contributed by atoms with van der Waals surface area (Å²) in [7, 11) is 1.74. The molecule has 4 rings (SSSR count). The van der Waals surface area contributed by atoms with Crippen molar-refractivity contribution in [3.8, 4) is 5.75 Å². The number of methoxy groups -OCH3 is 1. The van der Waals surface area contributed by atoms with Crippen LogP contribution in [-0.2, 0) is 13.0 Å². The second-order valence-corrected chi connectivity index (χ2v) is 5.89. The topological polar surface area (TPSA) is 28.3 Å². The third-order valence-corrected chi connectivity index (χ3v) is 4.48. The smallest absolute Gasteiger partial charge is 0.142 e. The van der Waals surface area contributed by atoms with E-state index >= 15 is 0 Å². The predicted octanol–water partition coefficient (Wildman–Crippen LogP) is 2.94. The lowest BCUT2D eigenvalue weighted by atomic mass is 10.0. The number of nitrogens with one attached hydrogen (secondary N) is 1. The number of benzene rings is 1. The van der Waals surface area contributed by atoms with Crippen LogP contribution >= 0.6 is 0 Å². The van der Waals surface area contributed by atoms with Crippen LogP contribution in [0.15, 0.2) is 18.2 Å². The number of hydrogen-bond acceptors (Lipinski definition) is 2. The molecule has 1 saturated carbocycles. The largest absolute Gasteiger partial charge is 0.495 e. The van der Waals surface area contributed by atoms with Crippen LogP contribution in [0.25, 0.3) is 10.9 Å². The maximum atomic E-state index is 5.46. The van der Waals surface area contributed by atoms with Crippen molar-refractivity contribution in [1.29, 1.82) is 0 Å². The fraction of sp³-hybridized carbons (Fsp3) is 0.500. The van der Waals surface area contributed by atoms with Crippen molar-refractivity contribution in [2.24, 2.45) is 5.92 Å². The summed E-state index contributed by atoms with van der Waals surface area (Å²) < 4.78 is 5.46. The van der Waals surface area contributed by atoms with Crippen molar-refractivity contribution in [1.82, 2.24) is 9.88 Å². The predicted molar refractivity (Wildman–Crippen MR) is 76.6 cm³/mol. The third kappa shape index (κ3) is 1.93. The molecule has 1 aliphatic heterocycles. The molecule has 1 N–H and O–H groups in total. The quantitative estimate of drug-likeness (QED) is 0.914. The van der Waals surface area contributed by atoms with Gasteiger partial charge in [-0.15, -0.1) is 0 Å². The summed E-state index contributed by atoms with van der Waals surface area (Å²) in [5, 5.41) is 1.35. The van der Waals surface area contributed by atoms with E-state index in [1.54, 1.807) is 7.11 Å². The maximum Gasteiger partial charge on any atom is 0.142 e. The monoisotopic (exact) mass is 256 g/mol. The molecule has 0 bridgehead atoms. The van der Waals surface area contributed by atoms with Crippen molar-refractivity contribution in [2.45, 2.75) is 25.8 Å². The normalized spacial score (nSPS) is 19.6. The van der Waals surface area contributed by atoms with Gasteiger partial charge in [0, 0.05) is 30.7 Å². The lowest BCUT2D eigenvalue weighted by molar-refractivity contribution is 0.242. The van der Waals surface area contributed by atoms with Crippen molar-refractivity contribution in [2.75, 3.05) is 20.2 Å². The SMILES string of the molecule is COc1cccc2c3c([nH]c12)CN(CC1CC1)CC3. The first-order chi connectivity index (χ1) is 9.35. The summed E-state index contributed by atoms with van der Waals surface area (Å²) in [4.78, 5) is 6.19. The highest BCUT2D eigenvalue weighted by molar-refractivity contribution is 5.89. The van der Waals surface area contributed by atoms with Crippen LogP contribution in [0.1, 0.15) is 24.1 Å². The average Bonchev–Trinajstić information content (AvgIpc) is 3.16. The number of fused-ring (bicyclic) bond motifs is 3. The van der Waals surface area contributed by atoms with Crippen LogP contribution < -0.4 is 4.74 Å². The number of aromatic nitrogens is 1. The molecule has 1 fully saturated rings. The molecule has 1 aromatic heterocycles. The first-order valence-electron chi connectivity index (χ1n) is 7.24. The molecule has 2 aliphatic rings. The molecule has 0 radical (unpaired) electrons. The van der Waals surface area contributed by atoms with Crippen LogP contribution in [0, 0.1) is 5.92 Å². The van der Waals surface area contributed by atoms with Gasteiger partial charge in [-0.1, -0.05) is 12.1 Å². The minimum atomic E-state index is 0.959. The number of nitrogens with zero attached hydrogens (tertiary/aromatic N) is 1. The van der Waals surface area contributed by atoms with Crippen molar-refractivity contribution in [3.05, 3.63) is 29.5 Å². The Balaban J connectivity index is 1.70. The van der Waals surface area contributed by atoms with E-state index in [1.807, 2.05) is 6.07 Å². The molecule has 3 heteroatoms. The molecule has 0 unspecified atom stereocenters. The van der Waals surface area contributed by atoms with Gasteiger partial charge >= 0.3 is 0 Å². The number of aromatic amines is 1. The summed E-state index contributed by atoms with van der Waals surface area (Å²) in [6.45, 7) is 3.56. The van der Waals surface area contributed by atoms with Crippen LogP contribution in [0.4, 0.5) is 0 Å². The Morgan fingerprint density at radius 1 is 1.37 bits per heavy atom. The van der Waals surface area contributed by atoms with Crippen LogP contribution in [0.3, 0.4) is 0 Å². The van der Waals surface area contributed by atoms with Gasteiger partial charge < -0.3 is 9.72 Å². The lowest BCUT2D eigenvalue weighted by Gasteiger charge is -2.26. The molecule has 3 nitrogen and oxygen atoms in total. The van der Waals surface area contributed by atoms with E-state index in [2.05, 4.69) is 22.0 Å². The van der Waals surface area contributed by atoms with E-state index in [9.17, 15) is 0 Å². The summed E-state index contributed by atoms with van der Waals surface area (Å²) in [6.07, 6.45) is 4.03. The second-order valence-electron chi connectivity index (χ2n) is 5.89. The Morgan fingerprint density at radius 3 is 3.05 bits per heavy atom. The Bertz CT molecular complexity index is 612. The molecule has 1 aliphatic carbocycles. The molecule has 2 heterocycles. The zero-order chi connectivity index (χ0) is 12.8. The van der Waals surface area contributed by atoms with E-state index < -0.39 is 0 Å². The molecule has 2 aromatic rings. The van der Waals surface area contributed by atoms with Gasteiger partial charge in [0.2, 0.25) is 0 Å². The zero-order valence-electron chi connectivity index (χ0n) is 11.4. The first-order valence-corrected chi connectivity index (χ1v) is 7.24. The van der Waals surface area contributed by atoms with Crippen molar-refractivity contribution >= 4 is 10.9 Å². The fourth-order valence-electron chi connectivity index (χ4n) is 3.29. The highest BCUT2D eigenvalue weighted by Crippen LogP contribution is 2.35. The number of rotatable bonds is 3. The number of para-hydroxylation sites is 1. The number of H-pyrrole nitrogens is 1. The van der Waals surface area contributed by atoms with E-state index in [0.717, 1.165) is 24.6 Å². The Kier molecular flexibility index (Phi) is 2.55. The van der Waals surface area contributed by atoms with E-state index in [-0.39, 0.29) is 0 Å². The fourth-order valence-corrected chi connectivity index (χ4v) is 3.29. The van der Waals surface area contributed by atoms with Gasteiger partial charge in [0.1, 0.15) is 5.75 Å². The van der Waals surface area contributed by atoms with Crippen LogP contribution in [-0.4, -0.2) is 30.1 Å². The lowest BCUT2D eigenvalue weighted by Crippen LogP contribution is -2.32. The first kappa shape index (κ1) is 11.4. The van der Waals surface area contributed by atoms with Gasteiger partial charge in [-0.2, -0.15) is 0 Å². The highest BCUT2D eigenvalue weighted by Gasteiger charge is 2.27. The summed E-state index contributed by atoms with van der Waals surface area (Å²) in [5.41, 5.74) is 4.07. The molecule has 19 heavy (non-hydrogen) atoms. The van der Waals surface area contributed by atoms with Gasteiger partial charge in [-0.05, 0) is 36.8 Å². The molecule has 0 amide bonds. The minimum absolute atomic E-state index is 0.959. The zero-order valence-corrected chi connectivity index (χ0v) is 11.4. The summed E-state index contributed by atoms with van der Waals surface area (Å²) in [6, 6.07) is 6.34. The number of hydrogen-bond donors (Lipinski definition) is 1. The average molecular weight is 256 g/mol. The van der Waals surface area contributed by atoms with Gasteiger partial charge in [-0.3, -0.25) is 4.90 Å². The molecule has 0 spiro atoms. The third-order valence-electron chi connectivity index (χ3n) is 4.48. The Labute approximate surface area is 113 Å². The molecule has 0 atom stereocenters. The van der Waals surface area contributed by atoms with Gasteiger partial charge in [-0.25, -0.2) is 0 Å². The minimum Gasteiger partial charge on any atom is -0.495 e. The molecule has 0 saturated heterocycles. The highest BCUT2D eigenvalue weighted by atomic mass is 16.5. The second kappa shape index (κ2) is 4.27. The maximum absolute atomic E-state index is 5.46. The summed E-state index contributed by atoms with van der Waals surface area (Å²) in [5.74, 6) is 1.93. The molecular weight excluding hydrogens is 236 g/mol. The number of ether oxygens (including phenoxy) is 1. The van der Waals surface area contributed by atoms with Crippen molar-refractivity contribution < 1.29 is 4.74 Å². The van der Waals surface area contributed by atoms with E-state index in [4.69, 9.17) is 4.74 Å². The molecular formula is C16H20N2O. The van der Waals surface area contributed by atoms with Gasteiger partial charge in [0.05, 0.1) is 12.6 Å². The van der Waals surface area contributed by atoms with Crippen LogP contribution in [0.5, 0.6) is 5.75 Å². The standard InChI is InChI=1S/C16H20N2O/c1-19-15-4-2-3-13-12-7-8-18(9-11-5-6-11)10-14(12)17-16(13)15/h2-4,11,17H,5-10H2,1H3. The summed E-state index contributed by atoms with van der Waals surface area (Å²) >= 11 is 0. The Hall–Kier alpha value is -1.48. The van der Waals surface area contributed by atoms with Gasteiger partial charge in [0.25, 0.3) is 0 Å². The van der Waals surface area contributed by atoms with Gasteiger partial charge in [0.15, 0.2) is 0 Å². The van der Waals surface area contributed by atoms with E-state index in [1.165, 1.54) is 48.1 Å². The van der Waals surface area contributed by atoms with E-state index in [0.29, 0.717) is 0 Å².